The molecule has 1 heterocycles. The van der Waals surface area contributed by atoms with E-state index in [1.165, 1.54) is 13.3 Å². The molecule has 0 bridgehead atoms. The number of halogens is 1. The van der Waals surface area contributed by atoms with E-state index >= 15 is 0 Å². The fourth-order valence-electron chi connectivity index (χ4n) is 1.71. The molecule has 0 spiro atoms. The molecule has 3 N–H and O–H groups in total. The molecule has 0 atom stereocenters. The van der Waals surface area contributed by atoms with Crippen molar-refractivity contribution in [1.29, 1.82) is 0 Å². The average molecular weight is 325 g/mol. The molecule has 0 unspecified atom stereocenters. The summed E-state index contributed by atoms with van der Waals surface area (Å²) in [6.45, 7) is 0. The van der Waals surface area contributed by atoms with Crippen LogP contribution in [0.2, 0.25) is 5.02 Å². The lowest BCUT2D eigenvalue weighted by molar-refractivity contribution is 0.396. The number of methoxy groups -OCH3 is 2. The Morgan fingerprint density at radius 2 is 2.00 bits per heavy atom. The Labute approximate surface area is 132 Å². The Morgan fingerprint density at radius 1 is 1.29 bits per heavy atom. The molecule has 1 aromatic heterocycles. The fourth-order valence-corrected chi connectivity index (χ4v) is 2.11. The van der Waals surface area contributed by atoms with Gasteiger partial charge in [-0.25, -0.2) is 0 Å². The summed E-state index contributed by atoms with van der Waals surface area (Å²) in [6.07, 6.45) is 1.51. The molecule has 0 aliphatic rings. The Bertz CT molecular complexity index is 681. The Hall–Kier alpha value is -2.12. The van der Waals surface area contributed by atoms with Crippen LogP contribution in [-0.2, 0) is 0 Å². The Balaban J connectivity index is 2.44. The normalized spacial score (nSPS) is 10.0. The van der Waals surface area contributed by atoms with E-state index in [0.717, 1.165) is 0 Å². The van der Waals surface area contributed by atoms with Crippen LogP contribution in [-0.4, -0.2) is 29.4 Å². The summed E-state index contributed by atoms with van der Waals surface area (Å²) in [5.74, 6) is 1.47. The molecule has 0 amide bonds. The van der Waals surface area contributed by atoms with E-state index in [0.29, 0.717) is 33.6 Å². The van der Waals surface area contributed by atoms with E-state index in [9.17, 15) is 0 Å². The minimum Gasteiger partial charge on any atom is -0.495 e. The van der Waals surface area contributed by atoms with E-state index < -0.39 is 0 Å². The van der Waals surface area contributed by atoms with Gasteiger partial charge in [0.2, 0.25) is 0 Å². The van der Waals surface area contributed by atoms with Gasteiger partial charge in [-0.15, -0.1) is 5.10 Å². The monoisotopic (exact) mass is 324 g/mol. The second kappa shape index (κ2) is 6.55. The summed E-state index contributed by atoms with van der Waals surface area (Å²) >= 11 is 11.1. The van der Waals surface area contributed by atoms with E-state index in [1.807, 2.05) is 0 Å². The molecule has 0 fully saturated rings. The predicted octanol–water partition coefficient (Wildman–Crippen LogP) is 2.52. The lowest BCUT2D eigenvalue weighted by atomic mass is 10.2. The van der Waals surface area contributed by atoms with Crippen LogP contribution >= 0.6 is 23.8 Å². The summed E-state index contributed by atoms with van der Waals surface area (Å²) in [6, 6.07) is 5.01. The summed E-state index contributed by atoms with van der Waals surface area (Å²) in [5.41, 5.74) is 6.84. The minimum absolute atomic E-state index is 0.214. The van der Waals surface area contributed by atoms with Crippen LogP contribution < -0.4 is 20.5 Å². The van der Waals surface area contributed by atoms with Crippen molar-refractivity contribution in [2.24, 2.45) is 5.73 Å². The molecule has 0 aliphatic carbocycles. The maximum absolute atomic E-state index is 6.12. The first-order valence-corrected chi connectivity index (χ1v) is 6.65. The lowest BCUT2D eigenvalue weighted by Gasteiger charge is -2.14. The molecule has 2 rings (SSSR count). The number of aromatic nitrogens is 2. The topological polar surface area (TPSA) is 82.3 Å². The van der Waals surface area contributed by atoms with Crippen LogP contribution in [0.25, 0.3) is 0 Å². The van der Waals surface area contributed by atoms with Crippen molar-refractivity contribution in [3.63, 3.8) is 0 Å². The molecule has 0 saturated carbocycles. The second-order valence-electron chi connectivity index (χ2n) is 3.97. The number of benzene rings is 1. The first kappa shape index (κ1) is 15.3. The van der Waals surface area contributed by atoms with Gasteiger partial charge < -0.3 is 20.5 Å². The van der Waals surface area contributed by atoms with Gasteiger partial charge in [0.25, 0.3) is 0 Å². The summed E-state index contributed by atoms with van der Waals surface area (Å²) < 4.78 is 10.4. The zero-order valence-corrected chi connectivity index (χ0v) is 13.0. The van der Waals surface area contributed by atoms with Crippen molar-refractivity contribution < 1.29 is 9.47 Å². The second-order valence-corrected chi connectivity index (χ2v) is 4.82. The molecule has 1 aromatic carbocycles. The zero-order valence-electron chi connectivity index (χ0n) is 11.4. The molecule has 6 nitrogen and oxygen atoms in total. The molecule has 0 radical (unpaired) electrons. The van der Waals surface area contributed by atoms with Crippen molar-refractivity contribution in [1.82, 2.24) is 10.2 Å². The van der Waals surface area contributed by atoms with Gasteiger partial charge in [0.1, 0.15) is 16.5 Å². The number of ether oxygens (including phenoxy) is 2. The fraction of sp³-hybridized carbons (Fsp3) is 0.154. The number of rotatable bonds is 5. The SMILES string of the molecule is COc1cc(OC)c(Nc2nnccc2C(N)=S)cc1Cl. The van der Waals surface area contributed by atoms with Crippen LogP contribution in [0.15, 0.2) is 24.4 Å². The van der Waals surface area contributed by atoms with Crippen LogP contribution in [0.1, 0.15) is 5.56 Å². The largest absolute Gasteiger partial charge is 0.495 e. The van der Waals surface area contributed by atoms with E-state index in [1.54, 1.807) is 25.3 Å². The van der Waals surface area contributed by atoms with Gasteiger partial charge in [-0.2, -0.15) is 5.10 Å². The highest BCUT2D eigenvalue weighted by molar-refractivity contribution is 7.80. The average Bonchev–Trinajstić information content (AvgIpc) is 2.48. The zero-order chi connectivity index (χ0) is 15.4. The third kappa shape index (κ3) is 3.32. The van der Waals surface area contributed by atoms with Gasteiger partial charge in [-0.05, 0) is 12.1 Å². The first-order valence-electron chi connectivity index (χ1n) is 5.87. The van der Waals surface area contributed by atoms with Gasteiger partial charge in [0, 0.05) is 6.07 Å². The van der Waals surface area contributed by atoms with E-state index in [2.05, 4.69) is 15.5 Å². The summed E-state index contributed by atoms with van der Waals surface area (Å²) in [4.78, 5) is 0.214. The third-order valence-electron chi connectivity index (χ3n) is 2.71. The Kier molecular flexibility index (Phi) is 4.77. The van der Waals surface area contributed by atoms with E-state index in [4.69, 9.17) is 39.0 Å². The quantitative estimate of drug-likeness (QED) is 0.818. The predicted molar refractivity (Wildman–Crippen MR) is 85.8 cm³/mol. The van der Waals surface area contributed by atoms with Crippen LogP contribution in [0.5, 0.6) is 11.5 Å². The van der Waals surface area contributed by atoms with Crippen molar-refractivity contribution >= 4 is 40.3 Å². The third-order valence-corrected chi connectivity index (χ3v) is 3.23. The summed E-state index contributed by atoms with van der Waals surface area (Å²) in [5, 5.41) is 11.3. The van der Waals surface area contributed by atoms with E-state index in [-0.39, 0.29) is 4.99 Å². The van der Waals surface area contributed by atoms with Gasteiger partial charge in [0.15, 0.2) is 5.82 Å². The molecule has 2 aromatic rings. The highest BCUT2D eigenvalue weighted by Gasteiger charge is 2.13. The summed E-state index contributed by atoms with van der Waals surface area (Å²) in [7, 11) is 3.07. The first-order chi connectivity index (χ1) is 10.1. The standard InChI is InChI=1S/C13H13ClN4O2S/c1-19-10-6-11(20-2)9(5-8(10)14)17-13-7(12(15)21)3-4-16-18-13/h3-6H,1-2H3,(H2,15,21)(H,17,18). The van der Waals surface area contributed by atoms with Crippen molar-refractivity contribution in [3.8, 4) is 11.5 Å². The number of anilines is 2. The van der Waals surface area contributed by atoms with Crippen LogP contribution in [0, 0.1) is 0 Å². The van der Waals surface area contributed by atoms with Gasteiger partial charge in [-0.1, -0.05) is 23.8 Å². The van der Waals surface area contributed by atoms with Gasteiger partial charge in [-0.3, -0.25) is 0 Å². The molecular formula is C13H13ClN4O2S. The number of nitrogens with two attached hydrogens (primary N) is 1. The highest BCUT2D eigenvalue weighted by atomic mass is 35.5. The molecule has 110 valence electrons. The maximum Gasteiger partial charge on any atom is 0.163 e. The van der Waals surface area contributed by atoms with Crippen LogP contribution in [0.3, 0.4) is 0 Å². The number of nitrogens with one attached hydrogen (secondary N) is 1. The highest BCUT2D eigenvalue weighted by Crippen LogP contribution is 2.37. The molecule has 8 heteroatoms. The van der Waals surface area contributed by atoms with Crippen molar-refractivity contribution in [3.05, 3.63) is 35.0 Å². The Morgan fingerprint density at radius 3 is 2.62 bits per heavy atom. The number of hydrogen-bond donors (Lipinski definition) is 2. The number of thiocarbonyl (C=S) groups is 1. The molecular weight excluding hydrogens is 312 g/mol. The van der Waals surface area contributed by atoms with Crippen LogP contribution in [0.4, 0.5) is 11.5 Å². The molecule has 0 aliphatic heterocycles. The smallest absolute Gasteiger partial charge is 0.163 e. The van der Waals surface area contributed by atoms with Crippen molar-refractivity contribution in [2.45, 2.75) is 0 Å². The molecule has 21 heavy (non-hydrogen) atoms. The van der Waals surface area contributed by atoms with Gasteiger partial charge >= 0.3 is 0 Å². The number of hydrogen-bond acceptors (Lipinski definition) is 6. The number of nitrogens with zero attached hydrogens (tertiary/aromatic N) is 2. The van der Waals surface area contributed by atoms with Gasteiger partial charge in [0.05, 0.1) is 36.7 Å². The molecule has 0 saturated heterocycles. The van der Waals surface area contributed by atoms with Crippen molar-refractivity contribution in [2.75, 3.05) is 19.5 Å². The minimum atomic E-state index is 0.214. The lowest BCUT2D eigenvalue weighted by Crippen LogP contribution is -2.13. The maximum atomic E-state index is 6.12.